The van der Waals surface area contributed by atoms with Crippen LogP contribution in [0.25, 0.3) is 0 Å². The molecule has 2 nitrogen and oxygen atoms in total. The van der Waals surface area contributed by atoms with Crippen molar-refractivity contribution in [2.75, 3.05) is 0 Å². The number of hydrogen-bond acceptors (Lipinski definition) is 3. The van der Waals surface area contributed by atoms with E-state index in [-0.39, 0.29) is 5.25 Å². The molecule has 12 heavy (non-hydrogen) atoms. The Morgan fingerprint density at radius 2 is 2.42 bits per heavy atom. The molecule has 1 atom stereocenters. The topological polar surface area (TPSA) is 29.4 Å². The molecule has 0 fully saturated rings. The van der Waals surface area contributed by atoms with Crippen LogP contribution in [0.15, 0.2) is 29.9 Å². The Hall–Kier alpha value is -0.830. The second-order valence-electron chi connectivity index (χ2n) is 2.28. The van der Waals surface area contributed by atoms with Crippen LogP contribution in [0.5, 0.6) is 0 Å². The maximum atomic E-state index is 10.1. The van der Waals surface area contributed by atoms with Gasteiger partial charge in [-0.15, -0.1) is 0 Å². The lowest BCUT2D eigenvalue weighted by atomic mass is 10.3. The highest BCUT2D eigenvalue weighted by atomic mass is 32.1. The molecular weight excluding hydrogens is 170 g/mol. The van der Waals surface area contributed by atoms with Gasteiger partial charge in [-0.1, -0.05) is 12.7 Å². The van der Waals surface area contributed by atoms with Crippen LogP contribution in [0.1, 0.15) is 13.3 Å². The first-order valence-corrected chi connectivity index (χ1v) is 4.19. The Morgan fingerprint density at radius 3 is 2.83 bits per heavy atom. The number of rotatable bonds is 5. The van der Waals surface area contributed by atoms with E-state index in [1.807, 2.05) is 13.0 Å². The number of carbonyl (C=O) groups is 1. The van der Waals surface area contributed by atoms with Crippen molar-refractivity contribution in [3.8, 4) is 0 Å². The third kappa shape index (κ3) is 5.92. The summed E-state index contributed by atoms with van der Waals surface area (Å²) in [5.74, 6) is 0. The van der Waals surface area contributed by atoms with E-state index in [1.54, 1.807) is 12.3 Å². The van der Waals surface area contributed by atoms with Crippen LogP contribution in [-0.4, -0.2) is 17.2 Å². The van der Waals surface area contributed by atoms with E-state index in [2.05, 4.69) is 24.2 Å². The molecule has 0 saturated carbocycles. The second kappa shape index (κ2) is 6.85. The summed E-state index contributed by atoms with van der Waals surface area (Å²) in [4.78, 5) is 14.1. The van der Waals surface area contributed by atoms with Gasteiger partial charge in [0.15, 0.2) is 0 Å². The summed E-state index contributed by atoms with van der Waals surface area (Å²) in [5.41, 5.74) is 0.676. The molecule has 0 aromatic carbocycles. The minimum absolute atomic E-state index is 0.177. The van der Waals surface area contributed by atoms with Gasteiger partial charge in [-0.05, 0) is 13.0 Å². The van der Waals surface area contributed by atoms with Crippen molar-refractivity contribution in [1.29, 1.82) is 0 Å². The largest absolute Gasteiger partial charge is 0.303 e. The van der Waals surface area contributed by atoms with Crippen LogP contribution < -0.4 is 0 Å². The summed E-state index contributed by atoms with van der Waals surface area (Å²) >= 11 is 4.13. The molecule has 0 aliphatic carbocycles. The predicted molar refractivity (Wildman–Crippen MR) is 55.9 cm³/mol. The van der Waals surface area contributed by atoms with Gasteiger partial charge < -0.3 is 4.79 Å². The van der Waals surface area contributed by atoms with E-state index < -0.39 is 0 Å². The van der Waals surface area contributed by atoms with E-state index in [0.29, 0.717) is 12.1 Å². The Labute approximate surface area is 78.5 Å². The van der Waals surface area contributed by atoms with Crippen LogP contribution in [0.3, 0.4) is 0 Å². The number of thiol groups is 1. The highest BCUT2D eigenvalue weighted by molar-refractivity contribution is 7.81. The zero-order valence-electron chi connectivity index (χ0n) is 7.10. The Bertz CT molecular complexity index is 207. The molecule has 0 saturated heterocycles. The maximum absolute atomic E-state index is 10.1. The lowest BCUT2D eigenvalue weighted by molar-refractivity contribution is -0.106. The summed E-state index contributed by atoms with van der Waals surface area (Å²) in [5, 5.41) is 0.177. The van der Waals surface area contributed by atoms with Crippen molar-refractivity contribution in [2.45, 2.75) is 18.6 Å². The minimum Gasteiger partial charge on any atom is -0.303 e. The van der Waals surface area contributed by atoms with Gasteiger partial charge in [0.2, 0.25) is 0 Å². The first kappa shape index (κ1) is 11.2. The molecule has 0 aliphatic heterocycles. The number of aldehydes is 1. The molecule has 0 N–H and O–H groups in total. The zero-order chi connectivity index (χ0) is 9.40. The molecule has 1 unspecified atom stereocenters. The smallest absolute Gasteiger partial charge is 0.125 e. The zero-order valence-corrected chi connectivity index (χ0v) is 8.00. The first-order valence-electron chi connectivity index (χ1n) is 3.68. The van der Waals surface area contributed by atoms with E-state index in [9.17, 15) is 4.79 Å². The fourth-order valence-electron chi connectivity index (χ4n) is 0.537. The first-order chi connectivity index (χ1) is 5.70. The van der Waals surface area contributed by atoms with Gasteiger partial charge >= 0.3 is 0 Å². The van der Waals surface area contributed by atoms with E-state index in [0.717, 1.165) is 6.29 Å². The lowest BCUT2D eigenvalue weighted by Gasteiger charge is -1.92. The van der Waals surface area contributed by atoms with Gasteiger partial charge in [-0.2, -0.15) is 12.6 Å². The van der Waals surface area contributed by atoms with Crippen molar-refractivity contribution in [3.63, 3.8) is 0 Å². The molecule has 0 amide bonds. The fraction of sp³-hybridized carbons (Fsp3) is 0.333. The quantitative estimate of drug-likeness (QED) is 0.394. The van der Waals surface area contributed by atoms with Gasteiger partial charge in [0.25, 0.3) is 0 Å². The summed E-state index contributed by atoms with van der Waals surface area (Å²) in [7, 11) is 0. The number of hydrogen-bond donors (Lipinski definition) is 1. The van der Waals surface area contributed by atoms with Gasteiger partial charge in [0.05, 0.1) is 0 Å². The molecule has 0 aromatic rings. The number of carbonyl (C=O) groups excluding carboxylic acids is 1. The van der Waals surface area contributed by atoms with E-state index in [4.69, 9.17) is 0 Å². The molecule has 0 radical (unpaired) electrons. The molecule has 0 spiro atoms. The summed E-state index contributed by atoms with van der Waals surface area (Å²) in [6, 6.07) is 0. The second-order valence-corrected chi connectivity index (χ2v) is 3.09. The van der Waals surface area contributed by atoms with Crippen LogP contribution in [-0.2, 0) is 4.79 Å². The van der Waals surface area contributed by atoms with Crippen molar-refractivity contribution in [3.05, 3.63) is 24.9 Å². The molecule has 0 aliphatic rings. The Balaban J connectivity index is 4.09. The minimum atomic E-state index is 0.177. The van der Waals surface area contributed by atoms with Gasteiger partial charge in [-0.25, -0.2) is 0 Å². The van der Waals surface area contributed by atoms with E-state index >= 15 is 0 Å². The SMILES string of the molecule is C=C/C(CC=O)=N\C=C/C(C)S. The van der Waals surface area contributed by atoms with Crippen molar-refractivity contribution in [2.24, 2.45) is 4.99 Å². The van der Waals surface area contributed by atoms with Crippen molar-refractivity contribution >= 4 is 24.6 Å². The van der Waals surface area contributed by atoms with E-state index in [1.165, 1.54) is 0 Å². The molecule has 0 aromatic heterocycles. The molecule has 66 valence electrons. The highest BCUT2D eigenvalue weighted by Crippen LogP contribution is 1.95. The van der Waals surface area contributed by atoms with Gasteiger partial charge in [0, 0.05) is 23.6 Å². The standard InChI is InChI=1S/C9H13NOS/c1-3-9(5-7-11)10-6-4-8(2)12/h3-4,6-8,12H,1,5H2,2H3/b6-4-,10-9+. The maximum Gasteiger partial charge on any atom is 0.125 e. The Morgan fingerprint density at radius 1 is 1.75 bits per heavy atom. The summed E-state index contributed by atoms with van der Waals surface area (Å²) in [6.07, 6.45) is 6.16. The predicted octanol–water partition coefficient (Wildman–Crippen LogP) is 2.03. The third-order valence-electron chi connectivity index (χ3n) is 1.13. The average Bonchev–Trinajstić information content (AvgIpc) is 2.02. The summed E-state index contributed by atoms with van der Waals surface area (Å²) < 4.78 is 0. The van der Waals surface area contributed by atoms with Gasteiger partial charge in [0.1, 0.15) is 6.29 Å². The molecular formula is C9H13NOS. The molecule has 0 rings (SSSR count). The lowest BCUT2D eigenvalue weighted by Crippen LogP contribution is -1.92. The number of aliphatic imine (C=N–C) groups is 1. The molecule has 0 heterocycles. The van der Waals surface area contributed by atoms with Crippen molar-refractivity contribution < 1.29 is 4.79 Å². The van der Waals surface area contributed by atoms with Crippen LogP contribution in [0.4, 0.5) is 0 Å². The van der Waals surface area contributed by atoms with Crippen LogP contribution in [0, 0.1) is 0 Å². The normalized spacial score (nSPS) is 14.7. The van der Waals surface area contributed by atoms with Crippen LogP contribution >= 0.6 is 12.6 Å². The Kier molecular flexibility index (Phi) is 6.38. The highest BCUT2D eigenvalue weighted by Gasteiger charge is 1.88. The van der Waals surface area contributed by atoms with Crippen molar-refractivity contribution in [1.82, 2.24) is 0 Å². The fourth-order valence-corrected chi connectivity index (χ4v) is 0.614. The van der Waals surface area contributed by atoms with Gasteiger partial charge in [-0.3, -0.25) is 4.99 Å². The third-order valence-corrected chi connectivity index (χ3v) is 1.31. The summed E-state index contributed by atoms with van der Waals surface area (Å²) in [6.45, 7) is 5.47. The van der Waals surface area contributed by atoms with Crippen LogP contribution in [0.2, 0.25) is 0 Å². The average molecular weight is 183 g/mol. The number of nitrogens with zero attached hydrogens (tertiary/aromatic N) is 1. The molecule has 0 bridgehead atoms. The number of allylic oxidation sites excluding steroid dienone is 1. The molecule has 3 heteroatoms. The monoisotopic (exact) mass is 183 g/mol.